The van der Waals surface area contributed by atoms with Crippen molar-refractivity contribution in [3.8, 4) is 5.75 Å². The van der Waals surface area contributed by atoms with Crippen molar-refractivity contribution in [2.45, 2.75) is 38.7 Å². The monoisotopic (exact) mass is 565 g/mol. The van der Waals surface area contributed by atoms with E-state index in [4.69, 9.17) is 4.74 Å². The number of nitrogens with zero attached hydrogens (tertiary/aromatic N) is 1. The molecule has 1 aliphatic heterocycles. The zero-order valence-corrected chi connectivity index (χ0v) is 22.2. The van der Waals surface area contributed by atoms with Crippen molar-refractivity contribution >= 4 is 39.9 Å². The van der Waals surface area contributed by atoms with Crippen LogP contribution in [0.1, 0.15) is 38.2 Å². The first-order valence-electron chi connectivity index (χ1n) is 11.8. The Morgan fingerprint density at radius 3 is 2.61 bits per heavy atom. The third-order valence-corrected chi connectivity index (χ3v) is 7.45. The number of amides is 3. The number of methoxy groups -OCH3 is 2. The lowest BCUT2D eigenvalue weighted by atomic mass is 9.68. The fraction of sp³-hybridized carbons (Fsp3) is 0.500. The molecule has 3 rings (SSSR count). The number of carbonyl (C=O) groups excluding carboxylic acids is 3. The minimum atomic E-state index is -1.06. The van der Waals surface area contributed by atoms with Crippen molar-refractivity contribution < 1.29 is 39.2 Å². The van der Waals surface area contributed by atoms with Gasteiger partial charge in [-0.05, 0) is 55.0 Å². The number of rotatable bonds is 9. The lowest BCUT2D eigenvalue weighted by Gasteiger charge is -2.36. The van der Waals surface area contributed by atoms with Crippen molar-refractivity contribution in [3.05, 3.63) is 45.0 Å². The molecule has 0 saturated carbocycles. The number of carbonyl (C=O) groups is 3. The van der Waals surface area contributed by atoms with Gasteiger partial charge in [0, 0.05) is 23.1 Å². The Morgan fingerprint density at radius 1 is 1.28 bits per heavy atom. The number of aromatic hydroxyl groups is 1. The highest BCUT2D eigenvalue weighted by Crippen LogP contribution is 2.46. The van der Waals surface area contributed by atoms with Gasteiger partial charge >= 0.3 is 6.09 Å². The van der Waals surface area contributed by atoms with E-state index in [1.54, 1.807) is 18.2 Å². The molecular formula is C26H32BrNO8. The van der Waals surface area contributed by atoms with E-state index >= 15 is 0 Å². The van der Waals surface area contributed by atoms with Gasteiger partial charge < -0.3 is 24.8 Å². The van der Waals surface area contributed by atoms with Crippen LogP contribution in [0.5, 0.6) is 5.75 Å². The molecule has 2 aliphatic rings. The highest BCUT2D eigenvalue weighted by atomic mass is 79.9. The van der Waals surface area contributed by atoms with Gasteiger partial charge in [-0.2, -0.15) is 4.90 Å². The summed E-state index contributed by atoms with van der Waals surface area (Å²) < 4.78 is 10.8. The molecule has 3 amide bonds. The summed E-state index contributed by atoms with van der Waals surface area (Å²) in [6, 6.07) is 5.15. The Balaban J connectivity index is 1.88. The van der Waals surface area contributed by atoms with Gasteiger partial charge in [0.05, 0.1) is 38.3 Å². The van der Waals surface area contributed by atoms with E-state index in [1.165, 1.54) is 7.11 Å². The highest BCUT2D eigenvalue weighted by Gasteiger charge is 2.57. The number of imide groups is 3. The molecule has 1 aromatic rings. The maximum absolute atomic E-state index is 13.0. The Labute approximate surface area is 218 Å². The molecule has 3 N–H and O–H groups in total. The number of aliphatic hydroxyl groups excluding tert-OH is 2. The maximum Gasteiger partial charge on any atom is 0.423 e. The molecule has 1 saturated heterocycles. The molecule has 36 heavy (non-hydrogen) atoms. The van der Waals surface area contributed by atoms with Gasteiger partial charge in [-0.15, -0.1) is 0 Å². The van der Waals surface area contributed by atoms with E-state index in [2.05, 4.69) is 20.7 Å². The van der Waals surface area contributed by atoms with Gasteiger partial charge in [0.1, 0.15) is 5.75 Å². The van der Waals surface area contributed by atoms with Crippen LogP contribution in [0.25, 0.3) is 6.08 Å². The average Bonchev–Trinajstić information content (AvgIpc) is 3.11. The van der Waals surface area contributed by atoms with E-state index in [0.717, 1.165) is 17.2 Å². The second-order valence-corrected chi connectivity index (χ2v) is 9.93. The molecule has 0 aromatic heterocycles. The number of halogens is 1. The summed E-state index contributed by atoms with van der Waals surface area (Å²) in [6.45, 7) is 1.63. The first kappa shape index (κ1) is 28.0. The quantitative estimate of drug-likeness (QED) is 0.306. The normalized spacial score (nSPS) is 23.2. The summed E-state index contributed by atoms with van der Waals surface area (Å²) in [5.41, 5.74) is 2.77. The number of hydrogen-bond acceptors (Lipinski definition) is 8. The van der Waals surface area contributed by atoms with Crippen LogP contribution >= 0.6 is 15.9 Å². The van der Waals surface area contributed by atoms with E-state index in [0.29, 0.717) is 40.9 Å². The predicted octanol–water partition coefficient (Wildman–Crippen LogP) is 3.41. The molecular weight excluding hydrogens is 534 g/mol. The fourth-order valence-corrected chi connectivity index (χ4v) is 5.61. The molecule has 4 atom stereocenters. The Hall–Kier alpha value is -2.53. The SMILES string of the molecule is CC/C(=C\c1cc(Br)ccc1O)CC[C@@H](O)C1=C(COC)C[C@H]2C(=O)N(C(=O)OC)C(=O)[C@H]2[C@H]1CO. The second kappa shape index (κ2) is 12.1. The molecule has 0 radical (unpaired) electrons. The maximum atomic E-state index is 13.0. The summed E-state index contributed by atoms with van der Waals surface area (Å²) in [7, 11) is 2.58. The van der Waals surface area contributed by atoms with Crippen LogP contribution in [0.4, 0.5) is 4.79 Å². The topological polar surface area (TPSA) is 134 Å². The Morgan fingerprint density at radius 2 is 2.00 bits per heavy atom. The van der Waals surface area contributed by atoms with Gasteiger partial charge in [-0.3, -0.25) is 9.59 Å². The zero-order chi connectivity index (χ0) is 26.6. The standard InChI is InChI=1S/C26H32BrNO8/c1-4-14(9-15-10-17(27)6-8-20(15)30)5-7-21(31)22-16(13-35-2)11-18-23(19(22)12-29)25(33)28(24(18)32)26(34)36-3/h6,8-10,18-19,21,23,29-31H,4-5,7,11-13H2,1-3H3/b14-9+/t18-,19+,21-,23-/m1/s1. The van der Waals surface area contributed by atoms with Gasteiger partial charge in [0.15, 0.2) is 0 Å². The lowest BCUT2D eigenvalue weighted by Crippen LogP contribution is -2.40. The van der Waals surface area contributed by atoms with E-state index in [9.17, 15) is 29.7 Å². The van der Waals surface area contributed by atoms with Crippen LogP contribution in [0.2, 0.25) is 0 Å². The number of phenols is 1. The van der Waals surface area contributed by atoms with Gasteiger partial charge in [-0.1, -0.05) is 34.5 Å². The summed E-state index contributed by atoms with van der Waals surface area (Å²) in [5.74, 6) is -3.88. The second-order valence-electron chi connectivity index (χ2n) is 9.01. The molecule has 1 fully saturated rings. The molecule has 0 spiro atoms. The zero-order valence-electron chi connectivity index (χ0n) is 20.6. The molecule has 1 heterocycles. The minimum absolute atomic E-state index is 0.119. The van der Waals surface area contributed by atoms with Gasteiger partial charge in [0.2, 0.25) is 11.8 Å². The number of phenolic OH excluding ortho intramolecular Hbond substituents is 1. The van der Waals surface area contributed by atoms with Crippen LogP contribution in [0.15, 0.2) is 39.4 Å². The van der Waals surface area contributed by atoms with Crippen LogP contribution in [-0.4, -0.2) is 71.7 Å². The summed E-state index contributed by atoms with van der Waals surface area (Å²) in [5, 5.41) is 31.7. The lowest BCUT2D eigenvalue weighted by molar-refractivity contribution is -0.137. The molecule has 1 aliphatic carbocycles. The number of aliphatic hydroxyl groups is 2. The number of ether oxygens (including phenoxy) is 2. The van der Waals surface area contributed by atoms with Gasteiger partial charge in [-0.25, -0.2) is 4.79 Å². The van der Waals surface area contributed by atoms with E-state index in [1.807, 2.05) is 13.0 Å². The Bertz CT molecular complexity index is 1080. The van der Waals surface area contributed by atoms with Crippen molar-refractivity contribution in [3.63, 3.8) is 0 Å². The van der Waals surface area contributed by atoms with E-state index < -0.39 is 48.4 Å². The van der Waals surface area contributed by atoms with Crippen molar-refractivity contribution in [2.24, 2.45) is 17.8 Å². The highest BCUT2D eigenvalue weighted by molar-refractivity contribution is 9.10. The first-order valence-corrected chi connectivity index (χ1v) is 12.6. The molecule has 10 heteroatoms. The summed E-state index contributed by atoms with van der Waals surface area (Å²) in [6.07, 6.45) is 1.45. The number of allylic oxidation sites excluding steroid dienone is 1. The predicted molar refractivity (Wildman–Crippen MR) is 135 cm³/mol. The Kier molecular flexibility index (Phi) is 9.46. The van der Waals surface area contributed by atoms with Gasteiger partial charge in [0.25, 0.3) is 0 Å². The largest absolute Gasteiger partial charge is 0.507 e. The number of hydrogen-bond donors (Lipinski definition) is 3. The van der Waals surface area contributed by atoms with Crippen molar-refractivity contribution in [1.29, 1.82) is 0 Å². The first-order chi connectivity index (χ1) is 17.2. The van der Waals surface area contributed by atoms with Crippen molar-refractivity contribution in [1.82, 2.24) is 4.90 Å². The van der Waals surface area contributed by atoms with Crippen LogP contribution < -0.4 is 0 Å². The van der Waals surface area contributed by atoms with Crippen LogP contribution in [0, 0.1) is 17.8 Å². The number of likely N-dealkylation sites (tertiary alicyclic amines) is 1. The number of fused-ring (bicyclic) bond motifs is 1. The summed E-state index contributed by atoms with van der Waals surface area (Å²) >= 11 is 3.40. The molecule has 9 nitrogen and oxygen atoms in total. The minimum Gasteiger partial charge on any atom is -0.507 e. The third-order valence-electron chi connectivity index (χ3n) is 6.96. The molecule has 1 aromatic carbocycles. The molecule has 0 unspecified atom stereocenters. The van der Waals surface area contributed by atoms with E-state index in [-0.39, 0.29) is 18.8 Å². The van der Waals surface area contributed by atoms with Crippen LogP contribution in [0.3, 0.4) is 0 Å². The third kappa shape index (κ3) is 5.56. The molecule has 0 bridgehead atoms. The average molecular weight is 566 g/mol. The van der Waals surface area contributed by atoms with Crippen LogP contribution in [-0.2, 0) is 19.1 Å². The number of benzene rings is 1. The smallest absolute Gasteiger partial charge is 0.423 e. The summed E-state index contributed by atoms with van der Waals surface area (Å²) in [4.78, 5) is 38.5. The fourth-order valence-electron chi connectivity index (χ4n) is 5.23. The molecule has 196 valence electrons. The van der Waals surface area contributed by atoms with Crippen molar-refractivity contribution in [2.75, 3.05) is 27.4 Å².